The van der Waals surface area contributed by atoms with Crippen LogP contribution in [0.1, 0.15) is 205 Å². The number of hydrogen-bond acceptors (Lipinski definition) is 2. The maximum absolute atomic E-state index is 2.41. The van der Waals surface area contributed by atoms with E-state index in [4.69, 9.17) is 0 Å². The summed E-state index contributed by atoms with van der Waals surface area (Å²) < 4.78 is 0. The predicted molar refractivity (Wildman–Crippen MR) is 392 cm³/mol. The molecule has 0 fully saturated rings. The van der Waals surface area contributed by atoms with Gasteiger partial charge in [0.25, 0.3) is 0 Å². The zero-order valence-electron chi connectivity index (χ0n) is 59.9. The summed E-state index contributed by atoms with van der Waals surface area (Å²) in [5.41, 5.74) is 25.3. The molecule has 0 saturated carbocycles. The van der Waals surface area contributed by atoms with Gasteiger partial charge in [0.1, 0.15) is 0 Å². The van der Waals surface area contributed by atoms with Gasteiger partial charge in [-0.15, -0.1) is 0 Å². The third-order valence-corrected chi connectivity index (χ3v) is 15.6. The lowest BCUT2D eigenvalue weighted by Crippen LogP contribution is -2.31. The second kappa shape index (κ2) is 44.2. The second-order valence-electron chi connectivity index (χ2n) is 20.3. The molecule has 3 aliphatic rings. The topological polar surface area (TPSA) is 6.48 Å². The van der Waals surface area contributed by atoms with Gasteiger partial charge in [0.05, 0.1) is 0 Å². The molecule has 470 valence electrons. The van der Waals surface area contributed by atoms with Gasteiger partial charge in [-0.2, -0.15) is 0 Å². The van der Waals surface area contributed by atoms with Gasteiger partial charge in [-0.1, -0.05) is 343 Å². The van der Waals surface area contributed by atoms with E-state index in [0.717, 1.165) is 51.9 Å². The lowest BCUT2D eigenvalue weighted by molar-refractivity contribution is 0.373. The third kappa shape index (κ3) is 20.9. The highest BCUT2D eigenvalue weighted by molar-refractivity contribution is 5.84. The molecule has 0 unspecified atom stereocenters. The quantitative estimate of drug-likeness (QED) is 0.150. The predicted octanol–water partition coefficient (Wildman–Crippen LogP) is 24.2. The summed E-state index contributed by atoms with van der Waals surface area (Å²) in [4.78, 5) is 4.50. The fraction of sp³-hybridized carbons (Fsp3) is 0.429. The first kappa shape index (κ1) is 79.7. The first-order valence-electron chi connectivity index (χ1n) is 34.0. The van der Waals surface area contributed by atoms with E-state index < -0.39 is 0 Å². The molecule has 0 bridgehead atoms. The van der Waals surface area contributed by atoms with Crippen LogP contribution in [0.4, 0.5) is 0 Å². The van der Waals surface area contributed by atoms with Gasteiger partial charge in [0.15, 0.2) is 0 Å². The van der Waals surface area contributed by atoms with Crippen LogP contribution in [0.5, 0.6) is 0 Å². The van der Waals surface area contributed by atoms with Gasteiger partial charge < -0.3 is 9.80 Å². The van der Waals surface area contributed by atoms with E-state index in [1.54, 1.807) is 0 Å². The van der Waals surface area contributed by atoms with Crippen LogP contribution in [0.15, 0.2) is 182 Å². The molecule has 3 aliphatic carbocycles. The summed E-state index contributed by atoms with van der Waals surface area (Å²) in [5.74, 6) is 0. The Hall–Kier alpha value is -6.32. The molecule has 0 heterocycles. The largest absolute Gasteiger partial charge is 0.307 e. The van der Waals surface area contributed by atoms with E-state index in [2.05, 4.69) is 261 Å². The summed E-state index contributed by atoms with van der Waals surface area (Å²) >= 11 is 0. The van der Waals surface area contributed by atoms with Crippen molar-refractivity contribution in [3.63, 3.8) is 0 Å². The molecule has 0 radical (unpaired) electrons. The average molecular weight is 1160 g/mol. The molecule has 8 aromatic carbocycles. The molecule has 2 heteroatoms. The maximum Gasteiger partial charge on any atom is 0.0296 e. The average Bonchev–Trinajstić information content (AvgIpc) is 1.59. The lowest BCUT2D eigenvalue weighted by atomic mass is 9.69. The number of rotatable bonds is 8. The van der Waals surface area contributed by atoms with Gasteiger partial charge in [-0.05, 0) is 172 Å². The van der Waals surface area contributed by atoms with Gasteiger partial charge in [-0.25, -0.2) is 0 Å². The minimum Gasteiger partial charge on any atom is -0.307 e. The van der Waals surface area contributed by atoms with E-state index in [1.807, 2.05) is 111 Å². The molecule has 0 amide bonds. The molecule has 0 N–H and O–H groups in total. The van der Waals surface area contributed by atoms with Crippen molar-refractivity contribution in [1.82, 2.24) is 9.80 Å². The lowest BCUT2D eigenvalue weighted by Gasteiger charge is -2.33. The molecule has 0 aliphatic heterocycles. The van der Waals surface area contributed by atoms with Gasteiger partial charge in [0, 0.05) is 10.8 Å². The maximum atomic E-state index is 2.41. The van der Waals surface area contributed by atoms with Crippen molar-refractivity contribution in [3.8, 4) is 33.4 Å². The summed E-state index contributed by atoms with van der Waals surface area (Å²) in [6.45, 7) is 54.0. The van der Waals surface area contributed by atoms with Crippen LogP contribution in [0.3, 0.4) is 0 Å². The van der Waals surface area contributed by atoms with E-state index in [0.29, 0.717) is 0 Å². The first-order chi connectivity index (χ1) is 41.9. The standard InChI is InChI=1S/C29H24.C29H26.2C5H13N.8C2H6/c1-19-11-13-23-21(15-19)17-29(18-22-16-20(2)12-14-24(22)23)27-9-5-3-7-25(27)26-8-4-6-10-28(26)29;1-21-11-15-23(16-12-21)19-29(20-24-17-13-22(2)14-18-24)27-9-5-3-7-25(27)26-8-4-6-10-28(26)29;2*1-4-6(3)5-2;8*1-2/h3-16H,17-18H2,1-2H3;3-18H,19-20H2,1-2H3;2*4-5H2,1-3H3;8*1-2H3. The molecule has 0 saturated heterocycles. The Morgan fingerprint density at radius 1 is 0.291 bits per heavy atom. The van der Waals surface area contributed by atoms with Crippen molar-refractivity contribution >= 4 is 0 Å². The molecular formula is C84H124N2. The van der Waals surface area contributed by atoms with Crippen LogP contribution in [0, 0.1) is 27.7 Å². The SMILES string of the molecule is CC.CC.CC.CC.CC.CC.CC.CC.CCN(C)CC.CCN(C)CC.Cc1ccc(CC2(Cc3ccc(C)cc3)c3ccccc3-c3ccccc32)cc1.Cc1ccc2c(c1)CC1(Cc3cc(C)ccc3-2)c2ccccc2-c2ccccc21. The highest BCUT2D eigenvalue weighted by Gasteiger charge is 2.45. The Morgan fingerprint density at radius 2 is 0.535 bits per heavy atom. The Labute approximate surface area is 532 Å². The highest BCUT2D eigenvalue weighted by atomic mass is 15.1. The smallest absolute Gasteiger partial charge is 0.0296 e. The van der Waals surface area contributed by atoms with E-state index in [-0.39, 0.29) is 10.8 Å². The van der Waals surface area contributed by atoms with Crippen LogP contribution >= 0.6 is 0 Å². The summed E-state index contributed by atoms with van der Waals surface area (Å²) in [5, 5.41) is 0. The summed E-state index contributed by atoms with van der Waals surface area (Å²) in [7, 11) is 4.22. The zero-order valence-corrected chi connectivity index (χ0v) is 59.9. The molecule has 86 heavy (non-hydrogen) atoms. The van der Waals surface area contributed by atoms with Crippen LogP contribution in [-0.4, -0.2) is 50.1 Å². The fourth-order valence-electron chi connectivity index (χ4n) is 11.2. The Morgan fingerprint density at radius 3 is 0.802 bits per heavy atom. The molecule has 0 atom stereocenters. The van der Waals surface area contributed by atoms with Crippen LogP contribution in [-0.2, 0) is 36.5 Å². The molecule has 2 nitrogen and oxygen atoms in total. The summed E-state index contributed by atoms with van der Waals surface area (Å²) in [6, 6.07) is 68.3. The number of nitrogens with zero attached hydrogens (tertiary/aromatic N) is 2. The van der Waals surface area contributed by atoms with E-state index >= 15 is 0 Å². The molecular weight excluding hydrogens is 1040 g/mol. The first-order valence-corrected chi connectivity index (χ1v) is 34.0. The third-order valence-electron chi connectivity index (χ3n) is 15.6. The van der Waals surface area contributed by atoms with Crippen LogP contribution < -0.4 is 0 Å². The number of fused-ring (bicyclic) bond motifs is 11. The van der Waals surface area contributed by atoms with Crippen molar-refractivity contribution < 1.29 is 0 Å². The van der Waals surface area contributed by atoms with Gasteiger partial charge in [-0.3, -0.25) is 0 Å². The second-order valence-corrected chi connectivity index (χ2v) is 20.3. The van der Waals surface area contributed by atoms with Gasteiger partial charge >= 0.3 is 0 Å². The van der Waals surface area contributed by atoms with Crippen molar-refractivity contribution in [2.75, 3.05) is 40.3 Å². The van der Waals surface area contributed by atoms with Gasteiger partial charge in [0.2, 0.25) is 0 Å². The number of hydrogen-bond donors (Lipinski definition) is 0. The van der Waals surface area contributed by atoms with Crippen molar-refractivity contribution in [3.05, 3.63) is 249 Å². The van der Waals surface area contributed by atoms with Crippen molar-refractivity contribution in [2.45, 2.75) is 203 Å². The monoisotopic (exact) mass is 1160 g/mol. The van der Waals surface area contributed by atoms with Crippen LogP contribution in [0.25, 0.3) is 33.4 Å². The van der Waals surface area contributed by atoms with E-state index in [9.17, 15) is 0 Å². The van der Waals surface area contributed by atoms with Crippen LogP contribution in [0.2, 0.25) is 0 Å². The Kier molecular flexibility index (Phi) is 40.9. The van der Waals surface area contributed by atoms with Crippen molar-refractivity contribution in [2.24, 2.45) is 0 Å². The minimum absolute atomic E-state index is 0.00519. The molecule has 1 spiro atoms. The Balaban J connectivity index is 0.00000119. The highest BCUT2D eigenvalue weighted by Crippen LogP contribution is 2.55. The molecule has 8 aromatic rings. The molecule has 11 rings (SSSR count). The fourth-order valence-corrected chi connectivity index (χ4v) is 11.2. The zero-order chi connectivity index (χ0) is 65.4. The number of aryl methyl sites for hydroxylation is 4. The van der Waals surface area contributed by atoms with Crippen molar-refractivity contribution in [1.29, 1.82) is 0 Å². The minimum atomic E-state index is -0.0439. The normalized spacial score (nSPS) is 11.7. The van der Waals surface area contributed by atoms with E-state index in [1.165, 1.54) is 100 Å². The summed E-state index contributed by atoms with van der Waals surface area (Å²) in [6.07, 6.45) is 4.11. The Bertz CT molecular complexity index is 2800. The molecule has 0 aromatic heterocycles. The number of benzene rings is 8.